The van der Waals surface area contributed by atoms with Crippen molar-refractivity contribution in [3.63, 3.8) is 0 Å². The van der Waals surface area contributed by atoms with Gasteiger partial charge in [-0.15, -0.1) is 0 Å². The summed E-state index contributed by atoms with van der Waals surface area (Å²) in [6.45, 7) is 16.9. The second-order valence-electron chi connectivity index (χ2n) is 11.2. The van der Waals surface area contributed by atoms with Crippen molar-refractivity contribution in [2.75, 3.05) is 6.61 Å². The predicted octanol–water partition coefficient (Wildman–Crippen LogP) is 8.21. The van der Waals surface area contributed by atoms with Gasteiger partial charge in [-0.25, -0.2) is 0 Å². The lowest BCUT2D eigenvalue weighted by Crippen LogP contribution is -2.29. The maximum atomic E-state index is 6.34. The molecule has 166 valence electrons. The SMILES string of the molecule is CC(C)CC(c1ccc(OC(CC(C)(C)C)OCC2CCCCC2)cc1)C(C)C. The van der Waals surface area contributed by atoms with E-state index in [2.05, 4.69) is 72.7 Å². The van der Waals surface area contributed by atoms with Gasteiger partial charge in [-0.1, -0.05) is 79.9 Å². The quantitative estimate of drug-likeness (QED) is 0.367. The molecule has 0 spiro atoms. The van der Waals surface area contributed by atoms with Crippen LogP contribution in [0.1, 0.15) is 105 Å². The Labute approximate surface area is 180 Å². The molecule has 1 aromatic carbocycles. The molecule has 1 fully saturated rings. The lowest BCUT2D eigenvalue weighted by atomic mass is 9.82. The van der Waals surface area contributed by atoms with Crippen LogP contribution < -0.4 is 4.74 Å². The molecule has 1 saturated carbocycles. The first-order chi connectivity index (χ1) is 13.6. The second-order valence-corrected chi connectivity index (χ2v) is 11.2. The van der Waals surface area contributed by atoms with Gasteiger partial charge < -0.3 is 9.47 Å². The Bertz CT molecular complexity index is 561. The van der Waals surface area contributed by atoms with Gasteiger partial charge in [0.1, 0.15) is 5.75 Å². The first-order valence-corrected chi connectivity index (χ1v) is 12.0. The van der Waals surface area contributed by atoms with Crippen LogP contribution in [0.4, 0.5) is 0 Å². The zero-order valence-corrected chi connectivity index (χ0v) is 20.2. The topological polar surface area (TPSA) is 18.5 Å². The molecule has 0 aromatic heterocycles. The van der Waals surface area contributed by atoms with Crippen molar-refractivity contribution < 1.29 is 9.47 Å². The number of ether oxygens (including phenoxy) is 2. The third-order valence-corrected chi connectivity index (χ3v) is 6.13. The minimum atomic E-state index is -0.167. The number of hydrogen-bond acceptors (Lipinski definition) is 2. The number of benzene rings is 1. The fourth-order valence-electron chi connectivity index (χ4n) is 4.48. The normalized spacial score (nSPS) is 18.2. The molecule has 1 aliphatic rings. The summed E-state index contributed by atoms with van der Waals surface area (Å²) in [5, 5.41) is 0. The first kappa shape index (κ1) is 24.3. The largest absolute Gasteiger partial charge is 0.465 e. The Kier molecular flexibility index (Phi) is 9.53. The molecule has 0 N–H and O–H groups in total. The maximum absolute atomic E-state index is 6.34. The highest BCUT2D eigenvalue weighted by Gasteiger charge is 2.24. The van der Waals surface area contributed by atoms with Gasteiger partial charge in [-0.2, -0.15) is 0 Å². The van der Waals surface area contributed by atoms with E-state index in [-0.39, 0.29) is 11.7 Å². The van der Waals surface area contributed by atoms with Crippen molar-refractivity contribution in [3.8, 4) is 5.75 Å². The van der Waals surface area contributed by atoms with E-state index in [4.69, 9.17) is 9.47 Å². The molecule has 0 heterocycles. The van der Waals surface area contributed by atoms with Crippen molar-refractivity contribution in [2.24, 2.45) is 23.2 Å². The highest BCUT2D eigenvalue weighted by atomic mass is 16.7. The third-order valence-electron chi connectivity index (χ3n) is 6.13. The fourth-order valence-corrected chi connectivity index (χ4v) is 4.48. The summed E-state index contributed by atoms with van der Waals surface area (Å²) in [7, 11) is 0. The van der Waals surface area contributed by atoms with Gasteiger partial charge in [0.2, 0.25) is 0 Å². The standard InChI is InChI=1S/C27H46O2/c1-20(2)17-25(21(3)4)23-13-15-24(16-14-23)29-26(18-27(5,6)7)28-19-22-11-9-8-10-12-22/h13-16,20-22,25-26H,8-12,17-19H2,1-7H3. The van der Waals surface area contributed by atoms with E-state index in [1.54, 1.807) is 0 Å². The van der Waals surface area contributed by atoms with Crippen LogP contribution in [0.5, 0.6) is 5.75 Å². The lowest BCUT2D eigenvalue weighted by Gasteiger charge is -2.29. The molecule has 0 saturated heterocycles. The molecular weight excluding hydrogens is 356 g/mol. The molecule has 2 heteroatoms. The van der Waals surface area contributed by atoms with Crippen LogP contribution in [-0.4, -0.2) is 12.9 Å². The van der Waals surface area contributed by atoms with Crippen molar-refractivity contribution in [2.45, 2.75) is 106 Å². The zero-order valence-electron chi connectivity index (χ0n) is 20.2. The van der Waals surface area contributed by atoms with Gasteiger partial charge in [0.15, 0.2) is 6.29 Å². The van der Waals surface area contributed by atoms with E-state index in [1.807, 2.05) is 0 Å². The maximum Gasteiger partial charge on any atom is 0.200 e. The predicted molar refractivity (Wildman–Crippen MR) is 124 cm³/mol. The van der Waals surface area contributed by atoms with Gasteiger partial charge in [-0.05, 0) is 66.0 Å². The van der Waals surface area contributed by atoms with Crippen molar-refractivity contribution >= 4 is 0 Å². The second kappa shape index (κ2) is 11.4. The van der Waals surface area contributed by atoms with Crippen molar-refractivity contribution in [1.82, 2.24) is 0 Å². The van der Waals surface area contributed by atoms with Crippen LogP contribution in [0.25, 0.3) is 0 Å². The summed E-state index contributed by atoms with van der Waals surface area (Å²) in [5.74, 6) is 3.61. The lowest BCUT2D eigenvalue weighted by molar-refractivity contribution is -0.112. The first-order valence-electron chi connectivity index (χ1n) is 12.0. The summed E-state index contributed by atoms with van der Waals surface area (Å²) in [4.78, 5) is 0. The molecule has 0 bridgehead atoms. The molecule has 1 aromatic rings. The van der Waals surface area contributed by atoms with E-state index in [1.165, 1.54) is 44.1 Å². The average molecular weight is 403 g/mol. The molecule has 0 amide bonds. The highest BCUT2D eigenvalue weighted by molar-refractivity contribution is 5.30. The molecule has 2 nitrogen and oxygen atoms in total. The molecular formula is C27H46O2. The van der Waals surface area contributed by atoms with Gasteiger partial charge in [-0.3, -0.25) is 0 Å². The van der Waals surface area contributed by atoms with Gasteiger partial charge >= 0.3 is 0 Å². The fraction of sp³-hybridized carbons (Fsp3) is 0.778. The van der Waals surface area contributed by atoms with Crippen LogP contribution in [0.2, 0.25) is 0 Å². The molecule has 0 radical (unpaired) electrons. The van der Waals surface area contributed by atoms with Crippen LogP contribution >= 0.6 is 0 Å². The van der Waals surface area contributed by atoms with E-state index in [0.29, 0.717) is 23.7 Å². The van der Waals surface area contributed by atoms with Gasteiger partial charge in [0.25, 0.3) is 0 Å². The Morgan fingerprint density at radius 1 is 0.931 bits per heavy atom. The molecule has 2 unspecified atom stereocenters. The monoisotopic (exact) mass is 402 g/mol. The van der Waals surface area contributed by atoms with Crippen LogP contribution in [-0.2, 0) is 4.74 Å². The Morgan fingerprint density at radius 2 is 1.55 bits per heavy atom. The zero-order chi connectivity index (χ0) is 21.4. The Hall–Kier alpha value is -1.02. The molecule has 29 heavy (non-hydrogen) atoms. The van der Waals surface area contributed by atoms with Gasteiger partial charge in [0, 0.05) is 6.42 Å². The minimum absolute atomic E-state index is 0.167. The van der Waals surface area contributed by atoms with E-state index < -0.39 is 0 Å². The van der Waals surface area contributed by atoms with Crippen molar-refractivity contribution in [1.29, 1.82) is 0 Å². The Balaban J connectivity index is 2.01. The summed E-state index contributed by atoms with van der Waals surface area (Å²) in [6, 6.07) is 8.81. The third kappa shape index (κ3) is 9.11. The number of rotatable bonds is 10. The van der Waals surface area contributed by atoms with Crippen LogP contribution in [0.15, 0.2) is 24.3 Å². The van der Waals surface area contributed by atoms with Crippen LogP contribution in [0.3, 0.4) is 0 Å². The summed E-state index contributed by atoms with van der Waals surface area (Å²) < 4.78 is 12.6. The average Bonchev–Trinajstić information content (AvgIpc) is 2.64. The molecule has 0 aliphatic heterocycles. The number of hydrogen-bond donors (Lipinski definition) is 0. The Morgan fingerprint density at radius 3 is 2.07 bits per heavy atom. The summed E-state index contributed by atoms with van der Waals surface area (Å²) in [5.41, 5.74) is 1.61. The molecule has 2 rings (SSSR count). The molecule has 1 aliphatic carbocycles. The highest BCUT2D eigenvalue weighted by Crippen LogP contribution is 2.33. The van der Waals surface area contributed by atoms with E-state index >= 15 is 0 Å². The summed E-state index contributed by atoms with van der Waals surface area (Å²) in [6.07, 6.45) is 8.69. The van der Waals surface area contributed by atoms with Crippen LogP contribution in [0, 0.1) is 23.2 Å². The minimum Gasteiger partial charge on any atom is -0.465 e. The van der Waals surface area contributed by atoms with E-state index in [9.17, 15) is 0 Å². The summed E-state index contributed by atoms with van der Waals surface area (Å²) >= 11 is 0. The van der Waals surface area contributed by atoms with Gasteiger partial charge in [0.05, 0.1) is 6.61 Å². The smallest absolute Gasteiger partial charge is 0.200 e. The van der Waals surface area contributed by atoms with E-state index in [0.717, 1.165) is 18.8 Å². The van der Waals surface area contributed by atoms with Crippen molar-refractivity contribution in [3.05, 3.63) is 29.8 Å². The molecule has 2 atom stereocenters.